The van der Waals surface area contributed by atoms with Gasteiger partial charge in [0.05, 0.1) is 47.5 Å². The van der Waals surface area contributed by atoms with Crippen LogP contribution in [0.4, 0.5) is 5.69 Å². The molecule has 10 nitrogen and oxygen atoms in total. The molecule has 38 heavy (non-hydrogen) atoms. The highest BCUT2D eigenvalue weighted by Crippen LogP contribution is 2.34. The summed E-state index contributed by atoms with van der Waals surface area (Å²) in [5, 5.41) is 10.8. The Balaban J connectivity index is 1.28. The lowest BCUT2D eigenvalue weighted by Crippen LogP contribution is -2.19. The van der Waals surface area contributed by atoms with Crippen LogP contribution in [0.3, 0.4) is 0 Å². The number of amides is 1. The molecule has 0 saturated heterocycles. The largest absolute Gasteiger partial charge is 0.335 e. The molecule has 0 radical (unpaired) electrons. The maximum atomic E-state index is 12.4. The third-order valence-corrected chi connectivity index (χ3v) is 6.55. The van der Waals surface area contributed by atoms with Crippen molar-refractivity contribution in [3.8, 4) is 17.2 Å². The Morgan fingerprint density at radius 1 is 1.16 bits per heavy atom. The van der Waals surface area contributed by atoms with E-state index in [-0.39, 0.29) is 11.3 Å². The Morgan fingerprint density at radius 3 is 2.79 bits per heavy atom. The number of nitrogens with zero attached hydrogens (tertiary/aromatic N) is 6. The Morgan fingerprint density at radius 2 is 2.00 bits per heavy atom. The third-order valence-electron chi connectivity index (χ3n) is 6.55. The number of hydrogen-bond donors (Lipinski definition) is 3. The second-order valence-electron chi connectivity index (χ2n) is 11.0. The number of aryl methyl sites for hydroxylation is 1. The number of pyridine rings is 2. The maximum absolute atomic E-state index is 12.4. The van der Waals surface area contributed by atoms with E-state index in [4.69, 9.17) is 4.98 Å². The predicted octanol–water partition coefficient (Wildman–Crippen LogP) is 4.79. The smallest absolute Gasteiger partial charge is 0.224 e. The Kier molecular flexibility index (Phi) is 5.67. The van der Waals surface area contributed by atoms with Crippen molar-refractivity contribution in [3.05, 3.63) is 72.0 Å². The molecule has 1 aliphatic rings. The monoisotopic (exact) mass is 507 g/mol. The summed E-state index contributed by atoms with van der Waals surface area (Å²) in [5.74, 6) is 0.671. The molecule has 0 aliphatic heterocycles. The quantitative estimate of drug-likeness (QED) is 0.313. The minimum Gasteiger partial charge on any atom is -0.335 e. The fourth-order valence-electron chi connectivity index (χ4n) is 4.81. The van der Waals surface area contributed by atoms with Gasteiger partial charge < -0.3 is 14.9 Å². The molecule has 0 fully saturated rings. The molecule has 1 aliphatic carbocycles. The van der Waals surface area contributed by atoms with Crippen molar-refractivity contribution >= 4 is 28.2 Å². The fourth-order valence-corrected chi connectivity index (χ4v) is 4.81. The van der Waals surface area contributed by atoms with E-state index in [9.17, 15) is 4.79 Å². The molecule has 5 aromatic rings. The standard InChI is InChI=1S/C28H29N9O/c1-16-14-37(15-31-16)23-13-30-12-22-26(23)34-27(33-22)25-20-8-17(5-6-21(20)35-36-25)18-7-19(11-29-10-18)32-24(38)9-28(2,3)4/h5,7,10-15H,6,8-9H2,1-4H3,(H,32,38)(H,33,34)(H,35,36). The topological polar surface area (TPSA) is 130 Å². The summed E-state index contributed by atoms with van der Waals surface area (Å²) in [7, 11) is 0. The molecule has 10 heteroatoms. The highest BCUT2D eigenvalue weighted by Gasteiger charge is 2.23. The van der Waals surface area contributed by atoms with E-state index >= 15 is 0 Å². The van der Waals surface area contributed by atoms with E-state index in [0.717, 1.165) is 56.9 Å². The van der Waals surface area contributed by atoms with E-state index < -0.39 is 0 Å². The van der Waals surface area contributed by atoms with Gasteiger partial charge in [0.2, 0.25) is 5.91 Å². The zero-order valence-corrected chi connectivity index (χ0v) is 21.8. The summed E-state index contributed by atoms with van der Waals surface area (Å²) in [6, 6.07) is 1.98. The van der Waals surface area contributed by atoms with Crippen molar-refractivity contribution in [2.75, 3.05) is 5.32 Å². The van der Waals surface area contributed by atoms with E-state index in [1.165, 1.54) is 0 Å². The molecule has 1 amide bonds. The summed E-state index contributed by atoms with van der Waals surface area (Å²) in [4.78, 5) is 33.9. The molecule has 0 atom stereocenters. The highest BCUT2D eigenvalue weighted by molar-refractivity contribution is 5.91. The fraction of sp³-hybridized carbons (Fsp3) is 0.286. The van der Waals surface area contributed by atoms with E-state index in [1.54, 1.807) is 24.9 Å². The van der Waals surface area contributed by atoms with Gasteiger partial charge in [0.15, 0.2) is 5.82 Å². The van der Waals surface area contributed by atoms with Crippen molar-refractivity contribution < 1.29 is 4.79 Å². The lowest BCUT2D eigenvalue weighted by molar-refractivity contribution is -0.117. The van der Waals surface area contributed by atoms with Crippen molar-refractivity contribution in [1.29, 1.82) is 0 Å². The molecule has 192 valence electrons. The summed E-state index contributed by atoms with van der Waals surface area (Å²) in [6.07, 6.45) is 14.8. The first-order valence-electron chi connectivity index (χ1n) is 12.6. The molecular formula is C28H29N9O. The van der Waals surface area contributed by atoms with Crippen LogP contribution < -0.4 is 5.32 Å². The maximum Gasteiger partial charge on any atom is 0.224 e. The number of imidazole rings is 2. The zero-order chi connectivity index (χ0) is 26.4. The number of nitrogens with one attached hydrogen (secondary N) is 3. The summed E-state index contributed by atoms with van der Waals surface area (Å²) in [5.41, 5.74) is 9.08. The van der Waals surface area contributed by atoms with Gasteiger partial charge in [-0.3, -0.25) is 19.9 Å². The van der Waals surface area contributed by atoms with Crippen LogP contribution in [-0.2, 0) is 17.6 Å². The van der Waals surface area contributed by atoms with Gasteiger partial charge in [-0.25, -0.2) is 9.97 Å². The first-order valence-corrected chi connectivity index (χ1v) is 12.6. The van der Waals surface area contributed by atoms with Crippen molar-refractivity contribution in [3.63, 3.8) is 0 Å². The number of anilines is 1. The van der Waals surface area contributed by atoms with Gasteiger partial charge in [-0.05, 0) is 29.5 Å². The molecule has 5 aromatic heterocycles. The third kappa shape index (κ3) is 4.60. The van der Waals surface area contributed by atoms with Crippen LogP contribution >= 0.6 is 0 Å². The summed E-state index contributed by atoms with van der Waals surface area (Å²) in [6.45, 7) is 8.09. The van der Waals surface area contributed by atoms with E-state index in [0.29, 0.717) is 24.4 Å². The minimum atomic E-state index is -0.0830. The summed E-state index contributed by atoms with van der Waals surface area (Å²) >= 11 is 0. The lowest BCUT2D eigenvalue weighted by atomic mass is 9.91. The first-order chi connectivity index (χ1) is 18.2. The number of allylic oxidation sites excluding steroid dienone is 2. The van der Waals surface area contributed by atoms with Crippen LogP contribution in [0.2, 0.25) is 0 Å². The van der Waals surface area contributed by atoms with E-state index in [2.05, 4.69) is 41.5 Å². The number of aromatic amines is 2. The SMILES string of the molecule is Cc1cn(-c2cncc3[nH]c(-c4n[nH]c5c4CC(c4cncc(NC(=O)CC(C)(C)C)c4)=CC5)nc23)cn1. The van der Waals surface area contributed by atoms with Crippen LogP contribution in [0.1, 0.15) is 49.7 Å². The molecule has 0 saturated carbocycles. The van der Waals surface area contributed by atoms with Gasteiger partial charge in [0.25, 0.3) is 0 Å². The average molecular weight is 508 g/mol. The Hall–Kier alpha value is -4.60. The average Bonchev–Trinajstić information content (AvgIpc) is 3.60. The molecule has 3 N–H and O–H groups in total. The Bertz CT molecular complexity index is 1700. The van der Waals surface area contributed by atoms with E-state index in [1.807, 2.05) is 50.7 Å². The van der Waals surface area contributed by atoms with Crippen molar-refractivity contribution in [1.82, 2.24) is 39.7 Å². The highest BCUT2D eigenvalue weighted by atomic mass is 16.1. The van der Waals surface area contributed by atoms with Gasteiger partial charge >= 0.3 is 0 Å². The molecular weight excluding hydrogens is 478 g/mol. The van der Waals surface area contributed by atoms with Gasteiger partial charge in [-0.2, -0.15) is 5.10 Å². The summed E-state index contributed by atoms with van der Waals surface area (Å²) < 4.78 is 1.93. The van der Waals surface area contributed by atoms with Crippen molar-refractivity contribution in [2.45, 2.75) is 47.0 Å². The molecule has 0 spiro atoms. The molecule has 5 heterocycles. The van der Waals surface area contributed by atoms with Gasteiger partial charge in [-0.1, -0.05) is 26.8 Å². The second-order valence-corrected chi connectivity index (χ2v) is 11.0. The number of hydrogen-bond acceptors (Lipinski definition) is 6. The lowest BCUT2D eigenvalue weighted by Gasteiger charge is -2.18. The number of rotatable bonds is 5. The Labute approximate surface area is 219 Å². The number of aromatic nitrogens is 8. The number of carbonyl (C=O) groups is 1. The van der Waals surface area contributed by atoms with Gasteiger partial charge in [0.1, 0.15) is 11.2 Å². The molecule has 6 rings (SSSR count). The van der Waals surface area contributed by atoms with Crippen LogP contribution in [-0.4, -0.2) is 45.6 Å². The van der Waals surface area contributed by atoms with Gasteiger partial charge in [-0.15, -0.1) is 0 Å². The zero-order valence-electron chi connectivity index (χ0n) is 21.8. The number of H-pyrrole nitrogens is 2. The first kappa shape index (κ1) is 23.8. The molecule has 0 unspecified atom stereocenters. The molecule has 0 aromatic carbocycles. The number of carbonyl (C=O) groups excluding carboxylic acids is 1. The van der Waals surface area contributed by atoms with Crippen LogP contribution in [0, 0.1) is 12.3 Å². The van der Waals surface area contributed by atoms with Gasteiger partial charge in [0, 0.05) is 42.9 Å². The normalized spacial score (nSPS) is 13.4. The molecule has 0 bridgehead atoms. The van der Waals surface area contributed by atoms with Crippen LogP contribution in [0.15, 0.2) is 49.5 Å². The van der Waals surface area contributed by atoms with Crippen LogP contribution in [0.25, 0.3) is 33.8 Å². The second kappa shape index (κ2) is 9.05. The van der Waals surface area contributed by atoms with Crippen LogP contribution in [0.5, 0.6) is 0 Å². The number of fused-ring (bicyclic) bond motifs is 2. The van der Waals surface area contributed by atoms with Crippen molar-refractivity contribution in [2.24, 2.45) is 5.41 Å². The predicted molar refractivity (Wildman–Crippen MR) is 146 cm³/mol. The minimum absolute atomic E-state index is 0.0157.